The number of anilines is 1. The number of hydrogen-bond acceptors (Lipinski definition) is 6. The van der Waals surface area contributed by atoms with Crippen LogP contribution in [0.2, 0.25) is 0 Å². The molecule has 2 aromatic rings. The number of amides is 1. The quantitative estimate of drug-likeness (QED) is 0.589. The molecule has 0 saturated carbocycles. The number of thiocarbonyl (C=S) groups is 1. The second kappa shape index (κ2) is 8.50. The van der Waals surface area contributed by atoms with Crippen molar-refractivity contribution in [2.75, 3.05) is 12.4 Å². The average molecular weight is 414 g/mol. The Bertz CT molecular complexity index is 974. The van der Waals surface area contributed by atoms with Crippen LogP contribution in [0.15, 0.2) is 24.3 Å². The number of nitrogens with zero attached hydrogens (tertiary/aromatic N) is 1. The number of rotatable bonds is 3. The van der Waals surface area contributed by atoms with E-state index in [1.54, 1.807) is 0 Å². The maximum atomic E-state index is 12.4. The van der Waals surface area contributed by atoms with Crippen molar-refractivity contribution < 1.29 is 14.3 Å². The molecule has 1 unspecified atom stereocenters. The van der Waals surface area contributed by atoms with Crippen LogP contribution in [0.3, 0.4) is 0 Å². The molecule has 0 spiro atoms. The molecule has 1 atom stereocenters. The Morgan fingerprint density at radius 3 is 2.61 bits per heavy atom. The van der Waals surface area contributed by atoms with Gasteiger partial charge in [0, 0.05) is 10.4 Å². The van der Waals surface area contributed by atoms with Crippen LogP contribution in [0, 0.1) is 17.2 Å². The van der Waals surface area contributed by atoms with Gasteiger partial charge in [-0.25, -0.2) is 4.79 Å². The first-order valence-corrected chi connectivity index (χ1v) is 10.0. The fraction of sp³-hybridized carbons (Fsp3) is 0.300. The fourth-order valence-electron chi connectivity index (χ4n) is 3.14. The fourth-order valence-corrected chi connectivity index (χ4v) is 4.77. The molecule has 0 fully saturated rings. The lowest BCUT2D eigenvalue weighted by atomic mass is 9.89. The highest BCUT2D eigenvalue weighted by atomic mass is 32.1. The van der Waals surface area contributed by atoms with Crippen LogP contribution in [0.1, 0.15) is 50.1 Å². The number of esters is 1. The second-order valence-electron chi connectivity index (χ2n) is 6.64. The number of benzene rings is 1. The van der Waals surface area contributed by atoms with E-state index in [4.69, 9.17) is 12.2 Å². The minimum atomic E-state index is -0.468. The van der Waals surface area contributed by atoms with Gasteiger partial charge in [-0.1, -0.05) is 6.92 Å². The molecule has 1 aliphatic rings. The van der Waals surface area contributed by atoms with Gasteiger partial charge in [0.05, 0.1) is 18.2 Å². The molecular weight excluding hydrogens is 394 g/mol. The molecule has 1 aromatic carbocycles. The lowest BCUT2D eigenvalue weighted by molar-refractivity contribution is 0.0600. The molecule has 28 heavy (non-hydrogen) atoms. The molecule has 0 radical (unpaired) electrons. The Labute approximate surface area is 172 Å². The van der Waals surface area contributed by atoms with E-state index in [2.05, 4.69) is 28.4 Å². The van der Waals surface area contributed by atoms with E-state index in [0.717, 1.165) is 24.8 Å². The first kappa shape index (κ1) is 20.0. The summed E-state index contributed by atoms with van der Waals surface area (Å²) in [4.78, 5) is 25.0. The Hall–Kier alpha value is -2.76. The third-order valence-electron chi connectivity index (χ3n) is 4.65. The molecule has 1 aromatic heterocycles. The summed E-state index contributed by atoms with van der Waals surface area (Å²) in [6.07, 6.45) is 2.92. The summed E-state index contributed by atoms with van der Waals surface area (Å²) in [7, 11) is 1.30. The van der Waals surface area contributed by atoms with E-state index >= 15 is 0 Å². The molecule has 1 heterocycles. The first-order valence-electron chi connectivity index (χ1n) is 8.78. The number of thiophene rings is 1. The van der Waals surface area contributed by atoms with Crippen molar-refractivity contribution in [1.82, 2.24) is 5.32 Å². The normalized spacial score (nSPS) is 15.1. The molecule has 2 N–H and O–H groups in total. The number of hydrogen-bond donors (Lipinski definition) is 2. The summed E-state index contributed by atoms with van der Waals surface area (Å²) >= 11 is 6.78. The topological polar surface area (TPSA) is 91.2 Å². The Balaban J connectivity index is 1.68. The molecule has 144 valence electrons. The monoisotopic (exact) mass is 413 g/mol. The second-order valence-corrected chi connectivity index (χ2v) is 8.16. The molecular formula is C20H19N3O3S2. The number of fused-ring (bicyclic) bond motifs is 1. The zero-order valence-corrected chi connectivity index (χ0v) is 17.1. The number of carbonyl (C=O) groups excluding carboxylic acids is 2. The van der Waals surface area contributed by atoms with Crippen molar-refractivity contribution >= 4 is 45.5 Å². The van der Waals surface area contributed by atoms with Crippen molar-refractivity contribution in [3.63, 3.8) is 0 Å². The minimum Gasteiger partial charge on any atom is -0.465 e. The predicted molar refractivity (Wildman–Crippen MR) is 112 cm³/mol. The number of nitrogens with one attached hydrogen (secondary N) is 2. The van der Waals surface area contributed by atoms with Crippen LogP contribution in [-0.2, 0) is 17.6 Å². The van der Waals surface area contributed by atoms with E-state index in [0.29, 0.717) is 27.6 Å². The van der Waals surface area contributed by atoms with Crippen molar-refractivity contribution in [3.8, 4) is 6.07 Å². The summed E-state index contributed by atoms with van der Waals surface area (Å²) in [6.45, 7) is 2.21. The molecule has 6 nitrogen and oxygen atoms in total. The largest absolute Gasteiger partial charge is 0.465 e. The summed E-state index contributed by atoms with van der Waals surface area (Å²) in [5.41, 5.74) is 2.43. The van der Waals surface area contributed by atoms with Crippen LogP contribution in [-0.4, -0.2) is 24.1 Å². The van der Waals surface area contributed by atoms with Gasteiger partial charge in [-0.3, -0.25) is 10.1 Å². The van der Waals surface area contributed by atoms with Crippen LogP contribution < -0.4 is 10.6 Å². The van der Waals surface area contributed by atoms with E-state index in [1.165, 1.54) is 47.6 Å². The zero-order valence-electron chi connectivity index (χ0n) is 15.5. The lowest BCUT2D eigenvalue weighted by Gasteiger charge is -2.17. The molecule has 8 heteroatoms. The maximum absolute atomic E-state index is 12.4. The van der Waals surface area contributed by atoms with Crippen molar-refractivity contribution in [1.29, 1.82) is 5.26 Å². The molecule has 3 rings (SSSR count). The Kier molecular flexibility index (Phi) is 6.07. The maximum Gasteiger partial charge on any atom is 0.337 e. The van der Waals surface area contributed by atoms with Gasteiger partial charge in [0.15, 0.2) is 5.11 Å². The Morgan fingerprint density at radius 2 is 1.96 bits per heavy atom. The SMILES string of the molecule is COC(=O)c1ccc(C(=O)NC(=S)Nc2sc3c(c2C#N)CCC(C)C3)cc1. The van der Waals surface area contributed by atoms with Gasteiger partial charge in [-0.05, 0) is 67.2 Å². The highest BCUT2D eigenvalue weighted by molar-refractivity contribution is 7.80. The number of ether oxygens (including phenoxy) is 1. The van der Waals surface area contributed by atoms with Gasteiger partial charge in [-0.15, -0.1) is 11.3 Å². The summed E-state index contributed by atoms with van der Waals surface area (Å²) < 4.78 is 4.63. The van der Waals surface area contributed by atoms with E-state index in [9.17, 15) is 14.9 Å². The van der Waals surface area contributed by atoms with Gasteiger partial charge in [-0.2, -0.15) is 5.26 Å². The molecule has 0 saturated heterocycles. The van der Waals surface area contributed by atoms with Crippen molar-refractivity contribution in [3.05, 3.63) is 51.4 Å². The zero-order chi connectivity index (χ0) is 20.3. The summed E-state index contributed by atoms with van der Waals surface area (Å²) in [6, 6.07) is 8.34. The third-order valence-corrected chi connectivity index (χ3v) is 6.02. The van der Waals surface area contributed by atoms with Crippen LogP contribution in [0.5, 0.6) is 0 Å². The number of methoxy groups -OCH3 is 1. The van der Waals surface area contributed by atoms with Gasteiger partial charge >= 0.3 is 5.97 Å². The molecule has 1 amide bonds. The lowest BCUT2D eigenvalue weighted by Crippen LogP contribution is -2.34. The van der Waals surface area contributed by atoms with E-state index in [1.807, 2.05) is 0 Å². The molecule has 0 bridgehead atoms. The minimum absolute atomic E-state index is 0.130. The van der Waals surface area contributed by atoms with Crippen molar-refractivity contribution in [2.45, 2.75) is 26.2 Å². The molecule has 0 aliphatic heterocycles. The third kappa shape index (κ3) is 4.21. The average Bonchev–Trinajstić information content (AvgIpc) is 3.02. The number of nitriles is 1. The van der Waals surface area contributed by atoms with Crippen LogP contribution in [0.4, 0.5) is 5.00 Å². The van der Waals surface area contributed by atoms with Gasteiger partial charge in [0.1, 0.15) is 11.1 Å². The first-order chi connectivity index (χ1) is 13.4. The number of carbonyl (C=O) groups is 2. The summed E-state index contributed by atoms with van der Waals surface area (Å²) in [5.74, 6) is -0.267. The van der Waals surface area contributed by atoms with Crippen LogP contribution >= 0.6 is 23.6 Å². The highest BCUT2D eigenvalue weighted by Crippen LogP contribution is 2.39. The van der Waals surface area contributed by atoms with Gasteiger partial charge in [0.2, 0.25) is 0 Å². The van der Waals surface area contributed by atoms with Gasteiger partial charge in [0.25, 0.3) is 5.91 Å². The van der Waals surface area contributed by atoms with Crippen molar-refractivity contribution in [2.24, 2.45) is 5.92 Å². The molecule has 1 aliphatic carbocycles. The van der Waals surface area contributed by atoms with E-state index in [-0.39, 0.29) is 5.11 Å². The summed E-state index contributed by atoms with van der Waals surface area (Å²) in [5, 5.41) is 15.9. The Morgan fingerprint density at radius 1 is 1.29 bits per heavy atom. The van der Waals surface area contributed by atoms with E-state index < -0.39 is 11.9 Å². The van der Waals surface area contributed by atoms with Crippen LogP contribution in [0.25, 0.3) is 0 Å². The predicted octanol–water partition coefficient (Wildman–Crippen LogP) is 3.66. The smallest absolute Gasteiger partial charge is 0.337 e. The standard InChI is InChI=1S/C20H19N3O3S2/c1-11-3-8-14-15(10-21)18(28-16(14)9-11)23-20(27)22-17(24)12-4-6-13(7-5-12)19(25)26-2/h4-7,11H,3,8-9H2,1-2H3,(H2,22,23,24,27). The highest BCUT2D eigenvalue weighted by Gasteiger charge is 2.24. The van der Waals surface area contributed by atoms with Gasteiger partial charge < -0.3 is 10.1 Å².